The third-order valence-electron chi connectivity index (χ3n) is 2.68. The van der Waals surface area contributed by atoms with Crippen LogP contribution in [-0.2, 0) is 16.5 Å². The zero-order valence-corrected chi connectivity index (χ0v) is 12.3. The highest BCUT2D eigenvalue weighted by Crippen LogP contribution is 2.36. The van der Waals surface area contributed by atoms with Crippen LogP contribution in [0.25, 0.3) is 10.1 Å². The molecule has 0 atom stereocenters. The third-order valence-corrected chi connectivity index (χ3v) is 4.65. The molecule has 2 rings (SSSR count). The average molecular weight is 355 g/mol. The lowest BCUT2D eigenvalue weighted by Crippen LogP contribution is -2.28. The van der Waals surface area contributed by atoms with Crippen LogP contribution < -0.4 is 4.18 Å². The minimum Gasteiger partial charge on any atom is -0.375 e. The first-order chi connectivity index (χ1) is 10.1. The molecular formula is C11H8F3NO5S2. The van der Waals surface area contributed by atoms with Crippen molar-refractivity contribution < 1.29 is 30.7 Å². The van der Waals surface area contributed by atoms with Gasteiger partial charge in [-0.2, -0.15) is 21.6 Å². The Labute approximate surface area is 126 Å². The SMILES string of the molecule is O=[N+]([O-])CCc1csc2cccc(OS(=O)(=O)C(F)(F)F)c12. The van der Waals surface area contributed by atoms with Gasteiger partial charge in [-0.15, -0.1) is 11.3 Å². The summed E-state index contributed by atoms with van der Waals surface area (Å²) in [5, 5.41) is 12.1. The number of nitrogens with zero attached hydrogens (tertiary/aromatic N) is 1. The van der Waals surface area contributed by atoms with Gasteiger partial charge in [-0.05, 0) is 23.1 Å². The molecule has 0 aliphatic rings. The Morgan fingerprint density at radius 1 is 1.32 bits per heavy atom. The third kappa shape index (κ3) is 3.30. The van der Waals surface area contributed by atoms with Gasteiger partial charge in [0.05, 0.1) is 0 Å². The lowest BCUT2D eigenvalue weighted by Gasteiger charge is -2.11. The predicted molar refractivity (Wildman–Crippen MR) is 73.0 cm³/mol. The number of hydrogen-bond acceptors (Lipinski definition) is 6. The minimum absolute atomic E-state index is 0.0422. The quantitative estimate of drug-likeness (QED) is 0.356. The lowest BCUT2D eigenvalue weighted by atomic mass is 10.1. The number of rotatable bonds is 5. The van der Waals surface area contributed by atoms with E-state index in [9.17, 15) is 31.7 Å². The Kier molecular flexibility index (Phi) is 4.29. The molecule has 0 N–H and O–H groups in total. The molecule has 11 heteroatoms. The van der Waals surface area contributed by atoms with E-state index in [0.717, 1.165) is 17.4 Å². The second-order valence-corrected chi connectivity index (χ2v) is 6.63. The van der Waals surface area contributed by atoms with Crippen molar-refractivity contribution in [1.82, 2.24) is 0 Å². The van der Waals surface area contributed by atoms with Crippen molar-refractivity contribution in [2.75, 3.05) is 6.54 Å². The number of thiophene rings is 1. The van der Waals surface area contributed by atoms with Crippen molar-refractivity contribution in [2.24, 2.45) is 0 Å². The maximum Gasteiger partial charge on any atom is 0.534 e. The van der Waals surface area contributed by atoms with Crippen molar-refractivity contribution in [3.8, 4) is 5.75 Å². The van der Waals surface area contributed by atoms with Crippen molar-refractivity contribution in [3.63, 3.8) is 0 Å². The summed E-state index contributed by atoms with van der Waals surface area (Å²) in [4.78, 5) is 9.84. The van der Waals surface area contributed by atoms with Crippen LogP contribution in [0.1, 0.15) is 5.56 Å². The van der Waals surface area contributed by atoms with Crippen molar-refractivity contribution in [2.45, 2.75) is 11.9 Å². The Morgan fingerprint density at radius 2 is 2.00 bits per heavy atom. The molecule has 0 amide bonds. The van der Waals surface area contributed by atoms with E-state index >= 15 is 0 Å². The fourth-order valence-electron chi connectivity index (χ4n) is 1.75. The predicted octanol–water partition coefficient (Wildman–Crippen LogP) is 2.95. The van der Waals surface area contributed by atoms with E-state index in [4.69, 9.17) is 0 Å². The molecular weight excluding hydrogens is 347 g/mol. The van der Waals surface area contributed by atoms with Crippen LogP contribution in [0.4, 0.5) is 13.2 Å². The number of benzene rings is 1. The molecule has 2 aromatic rings. The Morgan fingerprint density at radius 3 is 2.59 bits per heavy atom. The summed E-state index contributed by atoms with van der Waals surface area (Å²) < 4.78 is 64.1. The fourth-order valence-corrected chi connectivity index (χ4v) is 3.23. The molecule has 1 aromatic heterocycles. The second kappa shape index (κ2) is 5.72. The first-order valence-corrected chi connectivity index (χ1v) is 8.02. The van der Waals surface area contributed by atoms with Crippen LogP contribution in [0.3, 0.4) is 0 Å². The van der Waals surface area contributed by atoms with E-state index in [1.165, 1.54) is 11.4 Å². The van der Waals surface area contributed by atoms with Gasteiger partial charge in [0.15, 0.2) is 5.75 Å². The highest BCUT2D eigenvalue weighted by atomic mass is 32.2. The standard InChI is InChI=1S/C11H8F3NO5S2/c12-11(13,14)22(18,19)20-8-2-1-3-9-10(8)7(6-21-9)4-5-15(16)17/h1-3,6H,4-5H2. The van der Waals surface area contributed by atoms with E-state index in [1.807, 2.05) is 0 Å². The van der Waals surface area contributed by atoms with Gasteiger partial charge in [0.1, 0.15) is 0 Å². The van der Waals surface area contributed by atoms with Gasteiger partial charge < -0.3 is 4.18 Å². The maximum atomic E-state index is 12.4. The van der Waals surface area contributed by atoms with Crippen LogP contribution in [0.15, 0.2) is 23.6 Å². The first-order valence-electron chi connectivity index (χ1n) is 5.73. The van der Waals surface area contributed by atoms with E-state index in [1.54, 1.807) is 6.07 Å². The van der Waals surface area contributed by atoms with Gasteiger partial charge in [-0.25, -0.2) is 0 Å². The van der Waals surface area contributed by atoms with Gasteiger partial charge >= 0.3 is 15.6 Å². The van der Waals surface area contributed by atoms with Crippen molar-refractivity contribution in [1.29, 1.82) is 0 Å². The molecule has 0 unspecified atom stereocenters. The minimum atomic E-state index is -5.80. The Balaban J connectivity index is 2.46. The van der Waals surface area contributed by atoms with Gasteiger partial charge in [0.2, 0.25) is 6.54 Å². The molecule has 0 bridgehead atoms. The second-order valence-electron chi connectivity index (χ2n) is 4.18. The van der Waals surface area contributed by atoms with Crippen molar-refractivity contribution >= 4 is 31.5 Å². The molecule has 0 saturated heterocycles. The molecule has 0 spiro atoms. The number of fused-ring (bicyclic) bond motifs is 1. The van der Waals surface area contributed by atoms with Crippen LogP contribution in [0.5, 0.6) is 5.75 Å². The molecule has 1 heterocycles. The van der Waals surface area contributed by atoms with Crippen molar-refractivity contribution in [3.05, 3.63) is 39.3 Å². The molecule has 0 aliphatic heterocycles. The zero-order valence-electron chi connectivity index (χ0n) is 10.7. The van der Waals surface area contributed by atoms with Gasteiger partial charge in [0, 0.05) is 21.4 Å². The summed E-state index contributed by atoms with van der Waals surface area (Å²) in [6.45, 7) is -0.424. The average Bonchev–Trinajstić information content (AvgIpc) is 2.79. The zero-order chi connectivity index (χ0) is 16.5. The molecule has 6 nitrogen and oxygen atoms in total. The fraction of sp³-hybridized carbons (Fsp3) is 0.273. The number of halogens is 3. The van der Waals surface area contributed by atoms with E-state index < -0.39 is 32.8 Å². The van der Waals surface area contributed by atoms with E-state index in [0.29, 0.717) is 10.3 Å². The number of alkyl halides is 3. The summed E-state index contributed by atoms with van der Waals surface area (Å²) in [7, 11) is -5.80. The molecule has 120 valence electrons. The van der Waals surface area contributed by atoms with E-state index in [-0.39, 0.29) is 11.8 Å². The highest BCUT2D eigenvalue weighted by molar-refractivity contribution is 7.88. The number of nitro groups is 1. The van der Waals surface area contributed by atoms with E-state index in [2.05, 4.69) is 4.18 Å². The van der Waals surface area contributed by atoms with Crippen LogP contribution >= 0.6 is 11.3 Å². The lowest BCUT2D eigenvalue weighted by molar-refractivity contribution is -0.479. The monoisotopic (exact) mass is 355 g/mol. The highest BCUT2D eigenvalue weighted by Gasteiger charge is 2.48. The number of hydrogen-bond donors (Lipinski definition) is 0. The normalized spacial score (nSPS) is 12.5. The summed E-state index contributed by atoms with van der Waals surface area (Å²) in [6.07, 6.45) is -0.0422. The molecule has 22 heavy (non-hydrogen) atoms. The summed E-state index contributed by atoms with van der Waals surface area (Å²) in [5.41, 5.74) is -5.18. The van der Waals surface area contributed by atoms with Crippen LogP contribution in [0, 0.1) is 10.1 Å². The molecule has 0 fully saturated rings. The first kappa shape index (κ1) is 16.5. The smallest absolute Gasteiger partial charge is 0.375 e. The maximum absolute atomic E-state index is 12.4. The summed E-state index contributed by atoms with van der Waals surface area (Å²) in [6, 6.07) is 3.98. The summed E-state index contributed by atoms with van der Waals surface area (Å²) >= 11 is 1.13. The van der Waals surface area contributed by atoms with Gasteiger partial charge in [0.25, 0.3) is 0 Å². The molecule has 1 aromatic carbocycles. The largest absolute Gasteiger partial charge is 0.534 e. The van der Waals surface area contributed by atoms with Gasteiger partial charge in [-0.1, -0.05) is 6.07 Å². The summed E-state index contributed by atoms with van der Waals surface area (Å²) in [5.74, 6) is -0.491. The van der Waals surface area contributed by atoms with Crippen LogP contribution in [0.2, 0.25) is 0 Å². The molecule has 0 aliphatic carbocycles. The molecule has 0 saturated carbocycles. The Bertz CT molecular complexity index is 813. The molecule has 0 radical (unpaired) electrons. The van der Waals surface area contributed by atoms with Gasteiger partial charge in [-0.3, -0.25) is 10.1 Å². The topological polar surface area (TPSA) is 86.5 Å². The van der Waals surface area contributed by atoms with Crippen LogP contribution in [-0.4, -0.2) is 25.4 Å². The Hall–Kier alpha value is -1.88.